The normalized spacial score (nSPS) is 25.1. The summed E-state index contributed by atoms with van der Waals surface area (Å²) >= 11 is 0. The number of hydrogen-bond acceptors (Lipinski definition) is 4. The summed E-state index contributed by atoms with van der Waals surface area (Å²) in [6, 6.07) is 8.67. The van der Waals surface area contributed by atoms with E-state index in [0.717, 1.165) is 26.1 Å². The molecule has 2 heterocycles. The van der Waals surface area contributed by atoms with E-state index in [-0.39, 0.29) is 18.1 Å². The first-order chi connectivity index (χ1) is 10.3. The first-order valence-electron chi connectivity index (χ1n) is 7.73. The summed E-state index contributed by atoms with van der Waals surface area (Å²) in [5.74, 6) is 0.0635. The lowest BCUT2D eigenvalue weighted by Gasteiger charge is -2.28. The molecule has 2 aliphatic heterocycles. The largest absolute Gasteiger partial charge is 0.375 e. The van der Waals surface area contributed by atoms with E-state index < -0.39 is 0 Å². The molecule has 2 unspecified atom stereocenters. The SMILES string of the molecule is O=C(CC1CNCCO1)NCC1NCCc2ccccc21. The zero-order valence-corrected chi connectivity index (χ0v) is 12.2. The van der Waals surface area contributed by atoms with Crippen molar-refractivity contribution in [1.29, 1.82) is 0 Å². The first kappa shape index (κ1) is 14.5. The van der Waals surface area contributed by atoms with Crippen LogP contribution in [0.1, 0.15) is 23.6 Å². The summed E-state index contributed by atoms with van der Waals surface area (Å²) in [6.07, 6.45) is 1.49. The molecule has 21 heavy (non-hydrogen) atoms. The molecule has 114 valence electrons. The molecule has 1 amide bonds. The number of rotatable bonds is 4. The summed E-state index contributed by atoms with van der Waals surface area (Å²) in [7, 11) is 0. The van der Waals surface area contributed by atoms with Crippen molar-refractivity contribution in [2.75, 3.05) is 32.8 Å². The number of carbonyl (C=O) groups is 1. The summed E-state index contributed by atoms with van der Waals surface area (Å²) in [5, 5.41) is 9.75. The monoisotopic (exact) mass is 289 g/mol. The lowest BCUT2D eigenvalue weighted by atomic mass is 9.94. The Morgan fingerprint density at radius 1 is 1.33 bits per heavy atom. The number of benzene rings is 1. The van der Waals surface area contributed by atoms with Crippen molar-refractivity contribution >= 4 is 5.91 Å². The van der Waals surface area contributed by atoms with Gasteiger partial charge in [0.05, 0.1) is 19.1 Å². The lowest BCUT2D eigenvalue weighted by Crippen LogP contribution is -2.43. The van der Waals surface area contributed by atoms with Gasteiger partial charge in [-0.2, -0.15) is 0 Å². The second-order valence-corrected chi connectivity index (χ2v) is 5.66. The van der Waals surface area contributed by atoms with Crippen molar-refractivity contribution in [1.82, 2.24) is 16.0 Å². The number of morpholine rings is 1. The van der Waals surface area contributed by atoms with Gasteiger partial charge in [-0.3, -0.25) is 4.79 Å². The van der Waals surface area contributed by atoms with Crippen molar-refractivity contribution in [3.05, 3.63) is 35.4 Å². The van der Waals surface area contributed by atoms with E-state index in [9.17, 15) is 4.79 Å². The number of hydrogen-bond donors (Lipinski definition) is 3. The van der Waals surface area contributed by atoms with Crippen molar-refractivity contribution in [2.24, 2.45) is 0 Å². The van der Waals surface area contributed by atoms with Gasteiger partial charge in [0.2, 0.25) is 5.91 Å². The third kappa shape index (κ3) is 3.81. The van der Waals surface area contributed by atoms with E-state index in [4.69, 9.17) is 4.74 Å². The van der Waals surface area contributed by atoms with Gasteiger partial charge in [0.1, 0.15) is 0 Å². The van der Waals surface area contributed by atoms with E-state index in [1.165, 1.54) is 11.1 Å². The Hall–Kier alpha value is -1.43. The molecule has 0 saturated carbocycles. The molecule has 0 radical (unpaired) electrons. The highest BCUT2D eigenvalue weighted by Gasteiger charge is 2.21. The molecule has 5 heteroatoms. The van der Waals surface area contributed by atoms with Crippen LogP contribution in [0.2, 0.25) is 0 Å². The smallest absolute Gasteiger partial charge is 0.222 e. The maximum atomic E-state index is 12.0. The molecule has 0 bridgehead atoms. The maximum absolute atomic E-state index is 12.0. The Morgan fingerprint density at radius 3 is 3.10 bits per heavy atom. The summed E-state index contributed by atoms with van der Waals surface area (Å²) in [4.78, 5) is 12.0. The molecular weight excluding hydrogens is 266 g/mol. The molecule has 3 N–H and O–H groups in total. The predicted octanol–water partition coefficient (Wildman–Crippen LogP) is 0.368. The van der Waals surface area contributed by atoms with Gasteiger partial charge >= 0.3 is 0 Å². The van der Waals surface area contributed by atoms with Crippen LogP contribution < -0.4 is 16.0 Å². The summed E-state index contributed by atoms with van der Waals surface area (Å²) < 4.78 is 5.56. The second-order valence-electron chi connectivity index (χ2n) is 5.66. The van der Waals surface area contributed by atoms with Crippen LogP contribution in [0, 0.1) is 0 Å². The average molecular weight is 289 g/mol. The Balaban J connectivity index is 1.50. The highest BCUT2D eigenvalue weighted by atomic mass is 16.5. The number of carbonyl (C=O) groups excluding carboxylic acids is 1. The number of fused-ring (bicyclic) bond motifs is 1. The average Bonchev–Trinajstić information content (AvgIpc) is 2.54. The van der Waals surface area contributed by atoms with Gasteiger partial charge in [0.15, 0.2) is 0 Å². The van der Waals surface area contributed by atoms with E-state index in [0.29, 0.717) is 19.6 Å². The topological polar surface area (TPSA) is 62.4 Å². The number of nitrogens with one attached hydrogen (secondary N) is 3. The van der Waals surface area contributed by atoms with Crippen molar-refractivity contribution in [3.8, 4) is 0 Å². The molecule has 1 saturated heterocycles. The molecule has 3 rings (SSSR count). The first-order valence-corrected chi connectivity index (χ1v) is 7.73. The molecule has 0 aliphatic carbocycles. The Bertz CT molecular complexity index is 486. The van der Waals surface area contributed by atoms with E-state index in [1.54, 1.807) is 0 Å². The van der Waals surface area contributed by atoms with Crippen LogP contribution in [0.15, 0.2) is 24.3 Å². The zero-order chi connectivity index (χ0) is 14.5. The minimum Gasteiger partial charge on any atom is -0.375 e. The van der Waals surface area contributed by atoms with Crippen LogP contribution >= 0.6 is 0 Å². The highest BCUT2D eigenvalue weighted by molar-refractivity contribution is 5.76. The minimum absolute atomic E-state index is 0.00495. The van der Waals surface area contributed by atoms with E-state index >= 15 is 0 Å². The Morgan fingerprint density at radius 2 is 2.24 bits per heavy atom. The summed E-state index contributed by atoms with van der Waals surface area (Å²) in [6.45, 7) is 3.93. The minimum atomic E-state index is 0.00495. The van der Waals surface area contributed by atoms with Gasteiger partial charge in [-0.15, -0.1) is 0 Å². The Kier molecular flexibility index (Phi) is 4.85. The van der Waals surface area contributed by atoms with Gasteiger partial charge in [-0.1, -0.05) is 24.3 Å². The van der Waals surface area contributed by atoms with Crippen molar-refractivity contribution < 1.29 is 9.53 Å². The zero-order valence-electron chi connectivity index (χ0n) is 12.2. The third-order valence-corrected chi connectivity index (χ3v) is 4.14. The quantitative estimate of drug-likeness (QED) is 0.749. The number of amides is 1. The fourth-order valence-corrected chi connectivity index (χ4v) is 3.02. The Labute approximate surface area is 125 Å². The van der Waals surface area contributed by atoms with Gasteiger partial charge in [0, 0.05) is 25.7 Å². The molecule has 0 aromatic heterocycles. The van der Waals surface area contributed by atoms with Crippen LogP contribution in [-0.4, -0.2) is 44.8 Å². The molecule has 1 aromatic rings. The van der Waals surface area contributed by atoms with E-state index in [1.807, 2.05) is 0 Å². The highest BCUT2D eigenvalue weighted by Crippen LogP contribution is 2.21. The molecular formula is C16H23N3O2. The predicted molar refractivity (Wildman–Crippen MR) is 81.1 cm³/mol. The van der Waals surface area contributed by atoms with Crippen LogP contribution in [0.5, 0.6) is 0 Å². The summed E-state index contributed by atoms with van der Waals surface area (Å²) in [5.41, 5.74) is 2.69. The molecule has 1 fully saturated rings. The second kappa shape index (κ2) is 7.02. The van der Waals surface area contributed by atoms with Gasteiger partial charge in [-0.25, -0.2) is 0 Å². The number of ether oxygens (including phenoxy) is 1. The van der Waals surface area contributed by atoms with Crippen molar-refractivity contribution in [3.63, 3.8) is 0 Å². The fourth-order valence-electron chi connectivity index (χ4n) is 3.02. The van der Waals surface area contributed by atoms with Crippen LogP contribution in [0.3, 0.4) is 0 Å². The molecule has 5 nitrogen and oxygen atoms in total. The maximum Gasteiger partial charge on any atom is 0.222 e. The van der Waals surface area contributed by atoms with Gasteiger partial charge in [0.25, 0.3) is 0 Å². The molecule has 2 atom stereocenters. The lowest BCUT2D eigenvalue weighted by molar-refractivity contribution is -0.124. The van der Waals surface area contributed by atoms with Gasteiger partial charge < -0.3 is 20.7 Å². The molecule has 0 spiro atoms. The van der Waals surface area contributed by atoms with Crippen LogP contribution in [-0.2, 0) is 16.0 Å². The molecule has 1 aromatic carbocycles. The molecule has 2 aliphatic rings. The van der Waals surface area contributed by atoms with Crippen LogP contribution in [0.4, 0.5) is 0 Å². The van der Waals surface area contributed by atoms with Gasteiger partial charge in [-0.05, 0) is 24.1 Å². The fraction of sp³-hybridized carbons (Fsp3) is 0.562. The third-order valence-electron chi connectivity index (χ3n) is 4.14. The van der Waals surface area contributed by atoms with Crippen molar-refractivity contribution in [2.45, 2.75) is 25.0 Å². The standard InChI is InChI=1S/C16H23N3O2/c20-16(9-13-10-17-7-8-21-13)19-11-15-14-4-2-1-3-12(14)5-6-18-15/h1-4,13,15,17-18H,5-11H2,(H,19,20). The van der Waals surface area contributed by atoms with E-state index in [2.05, 4.69) is 40.2 Å². The van der Waals surface area contributed by atoms with Crippen LogP contribution in [0.25, 0.3) is 0 Å².